The molecule has 0 saturated carbocycles. The van der Waals surface area contributed by atoms with Crippen molar-refractivity contribution in [2.24, 2.45) is 5.92 Å². The number of hydrogen-bond acceptors (Lipinski definition) is 4. The Labute approximate surface area is 111 Å². The summed E-state index contributed by atoms with van der Waals surface area (Å²) >= 11 is 0. The number of anilines is 1. The van der Waals surface area contributed by atoms with Crippen LogP contribution >= 0.6 is 0 Å². The fourth-order valence-corrected chi connectivity index (χ4v) is 2.62. The van der Waals surface area contributed by atoms with Gasteiger partial charge < -0.3 is 10.3 Å². The van der Waals surface area contributed by atoms with Crippen LogP contribution in [0.4, 0.5) is 5.69 Å². The minimum Gasteiger partial charge on any atom is -0.396 e. The largest absolute Gasteiger partial charge is 0.396 e. The molecule has 0 aliphatic carbocycles. The van der Waals surface area contributed by atoms with Crippen molar-refractivity contribution in [2.45, 2.75) is 33.2 Å². The third-order valence-electron chi connectivity index (χ3n) is 3.88. The molecule has 2 aromatic heterocycles. The lowest BCUT2D eigenvalue weighted by molar-refractivity contribution is 0.0792. The number of hydrogen-bond donors (Lipinski definition) is 1. The van der Waals surface area contributed by atoms with Crippen LogP contribution in [0.2, 0.25) is 0 Å². The third-order valence-corrected chi connectivity index (χ3v) is 3.88. The van der Waals surface area contributed by atoms with Crippen LogP contribution in [0.5, 0.6) is 0 Å². The fourth-order valence-electron chi connectivity index (χ4n) is 2.62. The lowest BCUT2D eigenvalue weighted by atomic mass is 9.95. The van der Waals surface area contributed by atoms with Gasteiger partial charge in [-0.3, -0.25) is 4.79 Å². The second-order valence-electron chi connectivity index (χ2n) is 5.10. The van der Waals surface area contributed by atoms with Gasteiger partial charge in [0.15, 0.2) is 0 Å². The summed E-state index contributed by atoms with van der Waals surface area (Å²) in [6, 6.07) is 0. The molecule has 2 aromatic rings. The van der Waals surface area contributed by atoms with E-state index in [0.29, 0.717) is 11.4 Å². The number of carbonyl (C=O) groups excluding carboxylic acids is 1. The minimum absolute atomic E-state index is 0.0322. The lowest BCUT2D eigenvalue weighted by Gasteiger charge is -2.22. The first-order valence-electron chi connectivity index (χ1n) is 6.43. The summed E-state index contributed by atoms with van der Waals surface area (Å²) in [6.07, 6.45) is 5.18. The van der Waals surface area contributed by atoms with Crippen LogP contribution < -0.4 is 5.73 Å². The second-order valence-corrected chi connectivity index (χ2v) is 5.10. The molecule has 100 valence electrons. The Morgan fingerprint density at radius 2 is 2.26 bits per heavy atom. The number of rotatable bonds is 1. The first-order valence-corrected chi connectivity index (χ1v) is 6.43. The average Bonchev–Trinajstić information content (AvgIpc) is 2.97. The van der Waals surface area contributed by atoms with Crippen LogP contribution in [0.15, 0.2) is 12.5 Å². The van der Waals surface area contributed by atoms with Crippen LogP contribution in [0, 0.1) is 19.8 Å². The molecule has 1 atom stereocenters. The van der Waals surface area contributed by atoms with Gasteiger partial charge in [0.1, 0.15) is 0 Å². The molecule has 0 bridgehead atoms. The number of fused-ring (bicyclic) bond motifs is 1. The van der Waals surface area contributed by atoms with E-state index in [1.165, 1.54) is 4.68 Å². The molecule has 0 saturated heterocycles. The molecular formula is C13H17N5O. The lowest BCUT2D eigenvalue weighted by Crippen LogP contribution is -2.30. The maximum Gasteiger partial charge on any atom is 0.250 e. The summed E-state index contributed by atoms with van der Waals surface area (Å²) in [5.41, 5.74) is 9.05. The van der Waals surface area contributed by atoms with Crippen molar-refractivity contribution in [1.29, 1.82) is 0 Å². The molecule has 0 radical (unpaired) electrons. The topological polar surface area (TPSA) is 78.7 Å². The molecule has 1 aliphatic rings. The molecule has 3 rings (SSSR count). The zero-order chi connectivity index (χ0) is 13.6. The highest BCUT2D eigenvalue weighted by Gasteiger charge is 2.28. The summed E-state index contributed by atoms with van der Waals surface area (Å²) in [5, 5.41) is 4.25. The van der Waals surface area contributed by atoms with Gasteiger partial charge in [0.25, 0.3) is 5.91 Å². The van der Waals surface area contributed by atoms with Crippen molar-refractivity contribution >= 4 is 11.6 Å². The van der Waals surface area contributed by atoms with Crippen LogP contribution in [0.3, 0.4) is 0 Å². The second kappa shape index (κ2) is 4.22. The summed E-state index contributed by atoms with van der Waals surface area (Å²) in [5.74, 6) is -0.00801. The Balaban J connectivity index is 1.87. The number of carbonyl (C=O) groups is 1. The van der Waals surface area contributed by atoms with E-state index < -0.39 is 0 Å². The maximum absolute atomic E-state index is 12.5. The third kappa shape index (κ3) is 1.83. The predicted molar refractivity (Wildman–Crippen MR) is 70.8 cm³/mol. The zero-order valence-electron chi connectivity index (χ0n) is 11.1. The first-order chi connectivity index (χ1) is 9.08. The normalized spacial score (nSPS) is 18.3. The van der Waals surface area contributed by atoms with Crippen molar-refractivity contribution < 1.29 is 4.79 Å². The van der Waals surface area contributed by atoms with E-state index in [1.54, 1.807) is 0 Å². The average molecular weight is 259 g/mol. The van der Waals surface area contributed by atoms with Gasteiger partial charge in [-0.2, -0.15) is 5.10 Å². The van der Waals surface area contributed by atoms with Gasteiger partial charge in [0.2, 0.25) is 0 Å². The van der Waals surface area contributed by atoms with Crippen LogP contribution in [0.25, 0.3) is 0 Å². The molecule has 3 heterocycles. The summed E-state index contributed by atoms with van der Waals surface area (Å²) < 4.78 is 3.56. The molecule has 6 nitrogen and oxygen atoms in total. The first kappa shape index (κ1) is 12.0. The molecule has 19 heavy (non-hydrogen) atoms. The smallest absolute Gasteiger partial charge is 0.250 e. The molecule has 1 unspecified atom stereocenters. The Morgan fingerprint density at radius 1 is 1.47 bits per heavy atom. The van der Waals surface area contributed by atoms with Crippen molar-refractivity contribution in [1.82, 2.24) is 19.3 Å². The zero-order valence-corrected chi connectivity index (χ0v) is 11.1. The highest BCUT2D eigenvalue weighted by molar-refractivity contribution is 5.82. The Kier molecular flexibility index (Phi) is 2.66. The van der Waals surface area contributed by atoms with E-state index in [0.717, 1.165) is 30.8 Å². The standard InChI is InChI=1S/C13H17N5O/c1-8-12(14)9(2)18(16-8)13(19)10-3-4-17-7-15-6-11(17)5-10/h6-7,10H,3-5,14H2,1-2H3. The molecule has 6 heteroatoms. The van der Waals surface area contributed by atoms with Crippen molar-refractivity contribution in [3.8, 4) is 0 Å². The van der Waals surface area contributed by atoms with Gasteiger partial charge in [-0.25, -0.2) is 9.67 Å². The molecular weight excluding hydrogens is 242 g/mol. The van der Waals surface area contributed by atoms with Crippen LogP contribution in [-0.4, -0.2) is 25.2 Å². The minimum atomic E-state index is -0.0402. The van der Waals surface area contributed by atoms with E-state index in [9.17, 15) is 4.79 Å². The highest BCUT2D eigenvalue weighted by atomic mass is 16.2. The quantitative estimate of drug-likeness (QED) is 0.834. The molecule has 0 aromatic carbocycles. The molecule has 0 spiro atoms. The van der Waals surface area contributed by atoms with Crippen molar-refractivity contribution in [3.63, 3.8) is 0 Å². The summed E-state index contributed by atoms with van der Waals surface area (Å²) in [7, 11) is 0. The van der Waals surface area contributed by atoms with Gasteiger partial charge in [-0.1, -0.05) is 0 Å². The fraction of sp³-hybridized carbons (Fsp3) is 0.462. The monoisotopic (exact) mass is 259 g/mol. The maximum atomic E-state index is 12.5. The summed E-state index contributed by atoms with van der Waals surface area (Å²) in [4.78, 5) is 16.6. The highest BCUT2D eigenvalue weighted by Crippen LogP contribution is 2.23. The Hall–Kier alpha value is -2.11. The van der Waals surface area contributed by atoms with E-state index in [-0.39, 0.29) is 11.8 Å². The van der Waals surface area contributed by atoms with E-state index in [1.807, 2.05) is 26.4 Å². The molecule has 0 fully saturated rings. The van der Waals surface area contributed by atoms with E-state index in [4.69, 9.17) is 5.73 Å². The predicted octanol–water partition coefficient (Wildman–Crippen LogP) is 1.18. The SMILES string of the molecule is Cc1nn(C(=O)C2CCn3cncc3C2)c(C)c1N. The van der Waals surface area contributed by atoms with E-state index >= 15 is 0 Å². The van der Waals surface area contributed by atoms with Crippen molar-refractivity contribution in [3.05, 3.63) is 29.6 Å². The number of imidazole rings is 1. The number of nitrogen functional groups attached to an aromatic ring is 1. The number of nitrogens with two attached hydrogens (primary N) is 1. The van der Waals surface area contributed by atoms with Crippen molar-refractivity contribution in [2.75, 3.05) is 5.73 Å². The Morgan fingerprint density at radius 3 is 2.95 bits per heavy atom. The Bertz CT molecular complexity index is 639. The number of aromatic nitrogens is 4. The van der Waals surface area contributed by atoms with Gasteiger partial charge >= 0.3 is 0 Å². The molecule has 0 amide bonds. The summed E-state index contributed by atoms with van der Waals surface area (Å²) in [6.45, 7) is 4.49. The number of nitrogens with zero attached hydrogens (tertiary/aromatic N) is 4. The van der Waals surface area contributed by atoms with Gasteiger partial charge in [-0.05, 0) is 20.3 Å². The molecule has 2 N–H and O–H groups in total. The van der Waals surface area contributed by atoms with E-state index in [2.05, 4.69) is 14.6 Å². The van der Waals surface area contributed by atoms with Gasteiger partial charge in [0.05, 0.1) is 23.4 Å². The van der Waals surface area contributed by atoms with Crippen LogP contribution in [0.1, 0.15) is 28.3 Å². The van der Waals surface area contributed by atoms with Gasteiger partial charge in [0, 0.05) is 30.8 Å². The van der Waals surface area contributed by atoms with Gasteiger partial charge in [-0.15, -0.1) is 0 Å². The van der Waals surface area contributed by atoms with Crippen LogP contribution in [-0.2, 0) is 13.0 Å². The number of aryl methyl sites for hydroxylation is 2. The molecule has 1 aliphatic heterocycles.